The molecule has 1 aromatic heterocycles. The van der Waals surface area contributed by atoms with E-state index in [9.17, 15) is 20.0 Å². The Morgan fingerprint density at radius 2 is 1.96 bits per heavy atom. The second-order valence-corrected chi connectivity index (χ2v) is 6.03. The van der Waals surface area contributed by atoms with Crippen LogP contribution in [0.4, 0.5) is 0 Å². The van der Waals surface area contributed by atoms with Crippen molar-refractivity contribution < 1.29 is 9.90 Å². The molecule has 0 atom stereocenters. The molecule has 25 heavy (non-hydrogen) atoms. The molecule has 0 unspecified atom stereocenters. The predicted molar refractivity (Wildman–Crippen MR) is 95.8 cm³/mol. The number of hydrogen-bond acceptors (Lipinski definition) is 4. The topological polar surface area (TPSA) is 83.1 Å². The SMILES string of the molecule is CCCCC(=O)c1c(C)c(C#N)c(=O)n(CCc2ccccc2)c1O. The van der Waals surface area contributed by atoms with Gasteiger partial charge in [-0.3, -0.25) is 14.2 Å². The molecule has 1 N–H and O–H groups in total. The molecule has 0 saturated carbocycles. The number of pyridine rings is 1. The Hall–Kier alpha value is -2.87. The third kappa shape index (κ3) is 3.97. The van der Waals surface area contributed by atoms with Gasteiger partial charge in [-0.15, -0.1) is 0 Å². The third-order valence-corrected chi connectivity index (χ3v) is 4.30. The van der Waals surface area contributed by atoms with Gasteiger partial charge in [0.15, 0.2) is 5.78 Å². The summed E-state index contributed by atoms with van der Waals surface area (Å²) in [6, 6.07) is 11.4. The summed E-state index contributed by atoms with van der Waals surface area (Å²) in [6.45, 7) is 3.72. The van der Waals surface area contributed by atoms with E-state index in [1.807, 2.05) is 43.3 Å². The van der Waals surface area contributed by atoms with Crippen LogP contribution in [0.1, 0.15) is 53.2 Å². The van der Waals surface area contributed by atoms with Gasteiger partial charge in [-0.1, -0.05) is 43.7 Å². The van der Waals surface area contributed by atoms with Gasteiger partial charge in [0, 0.05) is 13.0 Å². The third-order valence-electron chi connectivity index (χ3n) is 4.30. The van der Waals surface area contributed by atoms with E-state index in [4.69, 9.17) is 0 Å². The van der Waals surface area contributed by atoms with Crippen molar-refractivity contribution in [1.29, 1.82) is 5.26 Å². The van der Waals surface area contributed by atoms with Gasteiger partial charge in [-0.05, 0) is 30.9 Å². The summed E-state index contributed by atoms with van der Waals surface area (Å²) >= 11 is 0. The Morgan fingerprint density at radius 1 is 1.28 bits per heavy atom. The average Bonchev–Trinajstić information content (AvgIpc) is 2.61. The Kier molecular flexibility index (Phi) is 6.13. The minimum absolute atomic E-state index is 0.0780. The zero-order chi connectivity index (χ0) is 18.4. The van der Waals surface area contributed by atoms with Crippen LogP contribution in [0.3, 0.4) is 0 Å². The van der Waals surface area contributed by atoms with Crippen molar-refractivity contribution in [2.24, 2.45) is 0 Å². The van der Waals surface area contributed by atoms with Gasteiger partial charge in [0.05, 0.1) is 5.56 Å². The minimum Gasteiger partial charge on any atom is -0.494 e. The predicted octanol–water partition coefficient (Wildman–Crippen LogP) is 3.35. The van der Waals surface area contributed by atoms with Gasteiger partial charge in [0.25, 0.3) is 5.56 Å². The highest BCUT2D eigenvalue weighted by Crippen LogP contribution is 2.24. The number of ketones is 1. The lowest BCUT2D eigenvalue weighted by atomic mass is 9.98. The highest BCUT2D eigenvalue weighted by Gasteiger charge is 2.23. The molecule has 0 saturated heterocycles. The van der Waals surface area contributed by atoms with Gasteiger partial charge in [-0.25, -0.2) is 0 Å². The lowest BCUT2D eigenvalue weighted by molar-refractivity contribution is 0.0974. The van der Waals surface area contributed by atoms with E-state index in [0.717, 1.165) is 16.6 Å². The van der Waals surface area contributed by atoms with Crippen molar-refractivity contribution in [2.75, 3.05) is 0 Å². The molecule has 130 valence electrons. The van der Waals surface area contributed by atoms with Gasteiger partial charge in [0.2, 0.25) is 5.88 Å². The van der Waals surface area contributed by atoms with Crippen LogP contribution in [0.15, 0.2) is 35.1 Å². The van der Waals surface area contributed by atoms with Gasteiger partial charge in [-0.2, -0.15) is 5.26 Å². The fourth-order valence-electron chi connectivity index (χ4n) is 2.84. The summed E-state index contributed by atoms with van der Waals surface area (Å²) in [5, 5.41) is 19.9. The van der Waals surface area contributed by atoms with E-state index in [-0.39, 0.29) is 41.3 Å². The molecule has 2 aromatic rings. The molecule has 1 aromatic carbocycles. The first-order chi connectivity index (χ1) is 12.0. The first kappa shape index (κ1) is 18.5. The number of aromatic nitrogens is 1. The van der Waals surface area contributed by atoms with Gasteiger partial charge >= 0.3 is 0 Å². The Balaban J connectivity index is 2.46. The fraction of sp³-hybridized carbons (Fsp3) is 0.350. The molecule has 0 aliphatic rings. The summed E-state index contributed by atoms with van der Waals surface area (Å²) in [4.78, 5) is 25.0. The molecule has 0 aliphatic heterocycles. The van der Waals surface area contributed by atoms with Crippen molar-refractivity contribution in [3.05, 3.63) is 62.9 Å². The maximum absolute atomic E-state index is 12.5. The van der Waals surface area contributed by atoms with Gasteiger partial charge < -0.3 is 5.11 Å². The monoisotopic (exact) mass is 338 g/mol. The Labute approximate surface area is 147 Å². The number of rotatable bonds is 7. The minimum atomic E-state index is -0.555. The lowest BCUT2D eigenvalue weighted by Gasteiger charge is -2.15. The number of carbonyl (C=O) groups is 1. The maximum Gasteiger partial charge on any atom is 0.271 e. The summed E-state index contributed by atoms with van der Waals surface area (Å²) in [7, 11) is 0. The average molecular weight is 338 g/mol. The van der Waals surface area contributed by atoms with Crippen LogP contribution in [0.5, 0.6) is 5.88 Å². The number of aromatic hydroxyl groups is 1. The van der Waals surface area contributed by atoms with Crippen LogP contribution >= 0.6 is 0 Å². The van der Waals surface area contributed by atoms with E-state index in [2.05, 4.69) is 0 Å². The molecule has 5 heteroatoms. The number of Topliss-reactive ketones (excluding diaryl/α,β-unsaturated/α-hetero) is 1. The molecule has 5 nitrogen and oxygen atoms in total. The van der Waals surface area contributed by atoms with Crippen LogP contribution in [0.25, 0.3) is 0 Å². The van der Waals surface area contributed by atoms with E-state index >= 15 is 0 Å². The highest BCUT2D eigenvalue weighted by molar-refractivity contribution is 5.99. The Morgan fingerprint density at radius 3 is 2.56 bits per heavy atom. The van der Waals surface area contributed by atoms with Crippen molar-refractivity contribution >= 4 is 5.78 Å². The second kappa shape index (κ2) is 8.29. The molecule has 2 rings (SSSR count). The number of hydrogen-bond donors (Lipinski definition) is 1. The fourth-order valence-corrected chi connectivity index (χ4v) is 2.84. The van der Waals surface area contributed by atoms with Crippen LogP contribution in [0.2, 0.25) is 0 Å². The van der Waals surface area contributed by atoms with Crippen molar-refractivity contribution in [3.63, 3.8) is 0 Å². The second-order valence-electron chi connectivity index (χ2n) is 6.03. The molecule has 0 bridgehead atoms. The van der Waals surface area contributed by atoms with E-state index in [0.29, 0.717) is 12.8 Å². The summed E-state index contributed by atoms with van der Waals surface area (Å²) in [5.41, 5.74) is 0.734. The summed E-state index contributed by atoms with van der Waals surface area (Å²) in [6.07, 6.45) is 2.35. The first-order valence-corrected chi connectivity index (χ1v) is 8.44. The smallest absolute Gasteiger partial charge is 0.271 e. The van der Waals surface area contributed by atoms with Gasteiger partial charge in [0.1, 0.15) is 11.6 Å². The molecule has 0 spiro atoms. The van der Waals surface area contributed by atoms with Crippen molar-refractivity contribution in [1.82, 2.24) is 4.57 Å². The molecule has 0 radical (unpaired) electrons. The normalized spacial score (nSPS) is 10.4. The number of nitrogens with zero attached hydrogens (tertiary/aromatic N) is 2. The van der Waals surface area contributed by atoms with E-state index in [1.165, 1.54) is 0 Å². The zero-order valence-corrected chi connectivity index (χ0v) is 14.6. The molecule has 1 heterocycles. The number of nitriles is 1. The summed E-state index contributed by atoms with van der Waals surface area (Å²) in [5.74, 6) is -0.569. The number of benzene rings is 1. The largest absolute Gasteiger partial charge is 0.494 e. The van der Waals surface area contributed by atoms with Crippen LogP contribution in [0, 0.1) is 18.3 Å². The number of unbranched alkanes of at least 4 members (excludes halogenated alkanes) is 1. The van der Waals surface area contributed by atoms with Crippen LogP contribution in [-0.2, 0) is 13.0 Å². The van der Waals surface area contributed by atoms with E-state index in [1.54, 1.807) is 6.92 Å². The number of carbonyl (C=O) groups excluding carboxylic acids is 1. The van der Waals surface area contributed by atoms with E-state index < -0.39 is 5.56 Å². The lowest BCUT2D eigenvalue weighted by Crippen LogP contribution is -2.27. The van der Waals surface area contributed by atoms with Crippen LogP contribution < -0.4 is 5.56 Å². The molecule has 0 fully saturated rings. The van der Waals surface area contributed by atoms with Crippen LogP contribution in [-0.4, -0.2) is 15.5 Å². The highest BCUT2D eigenvalue weighted by atomic mass is 16.3. The number of aryl methyl sites for hydroxylation is 1. The quantitative estimate of drug-likeness (QED) is 0.785. The maximum atomic E-state index is 12.5. The van der Waals surface area contributed by atoms with Crippen molar-refractivity contribution in [2.45, 2.75) is 46.1 Å². The standard InChI is InChI=1S/C20H22N2O3/c1-3-4-10-17(23)18-14(2)16(13-21)19(24)22(20(18)25)12-11-15-8-6-5-7-9-15/h5-9,25H,3-4,10-12H2,1-2H3. The molecule has 0 aliphatic carbocycles. The first-order valence-electron chi connectivity index (χ1n) is 8.44. The zero-order valence-electron chi connectivity index (χ0n) is 14.6. The molecular formula is C20H22N2O3. The van der Waals surface area contributed by atoms with Crippen molar-refractivity contribution in [3.8, 4) is 11.9 Å². The molecular weight excluding hydrogens is 316 g/mol. The Bertz CT molecular complexity index is 861. The summed E-state index contributed by atoms with van der Waals surface area (Å²) < 4.78 is 1.14. The molecule has 0 amide bonds.